The van der Waals surface area contributed by atoms with Crippen LogP contribution in [0, 0.1) is 11.3 Å². The van der Waals surface area contributed by atoms with Gasteiger partial charge < -0.3 is 5.32 Å². The summed E-state index contributed by atoms with van der Waals surface area (Å²) in [4.78, 5) is 0. The molecule has 1 aliphatic rings. The van der Waals surface area contributed by atoms with Crippen molar-refractivity contribution in [2.24, 2.45) is 0 Å². The minimum absolute atomic E-state index is 0.513. The molecule has 0 heterocycles. The molecule has 0 saturated carbocycles. The monoisotopic (exact) mass is 276 g/mol. The summed E-state index contributed by atoms with van der Waals surface area (Å²) in [7, 11) is 0. The summed E-state index contributed by atoms with van der Waals surface area (Å²) in [5.74, 6) is 0. The van der Waals surface area contributed by atoms with Gasteiger partial charge in [-0.25, -0.2) is 0 Å². The Bertz CT molecular complexity index is 682. The molecule has 0 aromatic heterocycles. The molecule has 2 nitrogen and oxygen atoms in total. The number of aryl methyl sites for hydroxylation is 1. The molecule has 0 amide bonds. The summed E-state index contributed by atoms with van der Waals surface area (Å²) < 4.78 is 0. The van der Waals surface area contributed by atoms with Gasteiger partial charge in [0.2, 0.25) is 0 Å². The maximum absolute atomic E-state index is 9.02. The second-order valence-corrected chi connectivity index (χ2v) is 5.65. The zero-order chi connectivity index (χ0) is 14.7. The van der Waals surface area contributed by atoms with Crippen LogP contribution in [0.3, 0.4) is 0 Å². The van der Waals surface area contributed by atoms with Crippen molar-refractivity contribution in [3.05, 3.63) is 59.2 Å². The minimum Gasteiger partial charge on any atom is -0.310 e. The van der Waals surface area contributed by atoms with Gasteiger partial charge in [-0.15, -0.1) is 0 Å². The highest BCUT2D eigenvalue weighted by Crippen LogP contribution is 2.34. The van der Waals surface area contributed by atoms with Crippen molar-refractivity contribution >= 4 is 0 Å². The van der Waals surface area contributed by atoms with E-state index in [-0.39, 0.29) is 0 Å². The van der Waals surface area contributed by atoms with Crippen molar-refractivity contribution in [3.8, 4) is 17.2 Å². The molecular formula is C19H20N2. The van der Waals surface area contributed by atoms with Crippen LogP contribution in [0.15, 0.2) is 42.5 Å². The van der Waals surface area contributed by atoms with Gasteiger partial charge in [0.15, 0.2) is 0 Å². The number of hydrogen-bond acceptors (Lipinski definition) is 2. The molecular weight excluding hydrogens is 256 g/mol. The molecule has 106 valence electrons. The van der Waals surface area contributed by atoms with Crippen molar-refractivity contribution in [1.82, 2.24) is 5.32 Å². The van der Waals surface area contributed by atoms with Crippen LogP contribution in [0.4, 0.5) is 0 Å². The molecule has 0 saturated heterocycles. The Kier molecular flexibility index (Phi) is 4.03. The first kappa shape index (κ1) is 13.9. The van der Waals surface area contributed by atoms with Crippen LogP contribution in [0.5, 0.6) is 0 Å². The third kappa shape index (κ3) is 2.84. The molecule has 1 unspecified atom stereocenters. The van der Waals surface area contributed by atoms with E-state index in [4.69, 9.17) is 5.26 Å². The van der Waals surface area contributed by atoms with Gasteiger partial charge in [0.25, 0.3) is 0 Å². The standard InChI is InChI=1S/C19H20N2/c1-2-10-21-19-9-7-17-12-16(6-8-18(17)19)15-5-3-4-14(11-15)13-20/h3-6,8,11-12,19,21H,2,7,9-10H2,1H3. The molecule has 0 spiro atoms. The van der Waals surface area contributed by atoms with Crippen molar-refractivity contribution in [3.63, 3.8) is 0 Å². The highest BCUT2D eigenvalue weighted by molar-refractivity contribution is 5.67. The Morgan fingerprint density at radius 1 is 1.19 bits per heavy atom. The number of rotatable bonds is 4. The average Bonchev–Trinajstić information content (AvgIpc) is 2.95. The van der Waals surface area contributed by atoms with Crippen molar-refractivity contribution in [2.45, 2.75) is 32.2 Å². The summed E-state index contributed by atoms with van der Waals surface area (Å²) >= 11 is 0. The van der Waals surface area contributed by atoms with E-state index in [1.165, 1.54) is 29.5 Å². The third-order valence-electron chi connectivity index (χ3n) is 4.19. The SMILES string of the molecule is CCCNC1CCc2cc(-c3cccc(C#N)c3)ccc21. The molecule has 0 aliphatic heterocycles. The molecule has 21 heavy (non-hydrogen) atoms. The van der Waals surface area contributed by atoms with Gasteiger partial charge in [0.05, 0.1) is 11.6 Å². The zero-order valence-electron chi connectivity index (χ0n) is 12.4. The number of nitrogens with zero attached hydrogens (tertiary/aromatic N) is 1. The first-order chi connectivity index (χ1) is 10.3. The Morgan fingerprint density at radius 2 is 2.05 bits per heavy atom. The van der Waals surface area contributed by atoms with Gasteiger partial charge in [0.1, 0.15) is 0 Å². The van der Waals surface area contributed by atoms with Crippen LogP contribution in [-0.4, -0.2) is 6.54 Å². The summed E-state index contributed by atoms with van der Waals surface area (Å²) in [6.07, 6.45) is 3.50. The van der Waals surface area contributed by atoms with Gasteiger partial charge in [-0.1, -0.05) is 37.3 Å². The van der Waals surface area contributed by atoms with Crippen molar-refractivity contribution in [1.29, 1.82) is 5.26 Å². The van der Waals surface area contributed by atoms with E-state index in [1.807, 2.05) is 18.2 Å². The Balaban J connectivity index is 1.89. The maximum atomic E-state index is 9.02. The molecule has 0 bridgehead atoms. The molecule has 2 heteroatoms. The molecule has 2 aromatic rings. The predicted octanol–water partition coefficient (Wildman–Crippen LogP) is 4.21. The number of nitrogens with one attached hydrogen (secondary N) is 1. The summed E-state index contributed by atoms with van der Waals surface area (Å²) in [5, 5.41) is 12.6. The minimum atomic E-state index is 0.513. The lowest BCUT2D eigenvalue weighted by Gasteiger charge is -2.13. The van der Waals surface area contributed by atoms with Crippen molar-refractivity contribution in [2.75, 3.05) is 6.54 Å². The Morgan fingerprint density at radius 3 is 2.86 bits per heavy atom. The summed E-state index contributed by atoms with van der Waals surface area (Å²) in [6, 6.07) is 17.3. The zero-order valence-corrected chi connectivity index (χ0v) is 12.4. The fourth-order valence-corrected chi connectivity index (χ4v) is 3.10. The van der Waals surface area contributed by atoms with E-state index in [0.29, 0.717) is 6.04 Å². The lowest BCUT2D eigenvalue weighted by atomic mass is 9.98. The molecule has 3 rings (SSSR count). The highest BCUT2D eigenvalue weighted by Gasteiger charge is 2.21. The van der Waals surface area contributed by atoms with Crippen LogP contribution >= 0.6 is 0 Å². The fourth-order valence-electron chi connectivity index (χ4n) is 3.10. The van der Waals surface area contributed by atoms with E-state index in [9.17, 15) is 0 Å². The molecule has 0 fully saturated rings. The van der Waals surface area contributed by atoms with E-state index in [1.54, 1.807) is 0 Å². The third-order valence-corrected chi connectivity index (χ3v) is 4.19. The van der Waals surface area contributed by atoms with Gasteiger partial charge >= 0.3 is 0 Å². The molecule has 0 radical (unpaired) electrons. The highest BCUT2D eigenvalue weighted by atomic mass is 14.9. The van der Waals surface area contributed by atoms with Crippen LogP contribution in [-0.2, 0) is 6.42 Å². The smallest absolute Gasteiger partial charge is 0.0991 e. The van der Waals surface area contributed by atoms with Gasteiger partial charge in [-0.3, -0.25) is 0 Å². The summed E-state index contributed by atoms with van der Waals surface area (Å²) in [5.41, 5.74) is 5.95. The van der Waals surface area contributed by atoms with Gasteiger partial charge in [-0.05, 0) is 60.2 Å². The van der Waals surface area contributed by atoms with Crippen LogP contribution in [0.2, 0.25) is 0 Å². The normalized spacial score (nSPS) is 16.5. The Hall–Kier alpha value is -2.11. The number of fused-ring (bicyclic) bond motifs is 1. The number of benzene rings is 2. The second kappa shape index (κ2) is 6.11. The quantitative estimate of drug-likeness (QED) is 0.908. The summed E-state index contributed by atoms with van der Waals surface area (Å²) in [6.45, 7) is 3.28. The largest absolute Gasteiger partial charge is 0.310 e. The topological polar surface area (TPSA) is 35.8 Å². The van der Waals surface area contributed by atoms with Crippen molar-refractivity contribution < 1.29 is 0 Å². The Labute approximate surface area is 126 Å². The number of hydrogen-bond donors (Lipinski definition) is 1. The first-order valence-electron chi connectivity index (χ1n) is 7.68. The average molecular weight is 276 g/mol. The molecule has 2 aromatic carbocycles. The fraction of sp³-hybridized carbons (Fsp3) is 0.316. The second-order valence-electron chi connectivity index (χ2n) is 5.65. The van der Waals surface area contributed by atoms with Gasteiger partial charge in [-0.2, -0.15) is 5.26 Å². The molecule has 1 N–H and O–H groups in total. The van der Waals surface area contributed by atoms with E-state index in [0.717, 1.165) is 24.1 Å². The van der Waals surface area contributed by atoms with Gasteiger partial charge in [0, 0.05) is 6.04 Å². The lowest BCUT2D eigenvalue weighted by molar-refractivity contribution is 0.529. The van der Waals surface area contributed by atoms with Crippen LogP contribution in [0.25, 0.3) is 11.1 Å². The molecule has 1 atom stereocenters. The van der Waals surface area contributed by atoms with Crippen LogP contribution < -0.4 is 5.32 Å². The van der Waals surface area contributed by atoms with E-state index in [2.05, 4.69) is 42.6 Å². The maximum Gasteiger partial charge on any atom is 0.0991 e. The first-order valence-corrected chi connectivity index (χ1v) is 7.68. The lowest BCUT2D eigenvalue weighted by Crippen LogP contribution is -2.19. The van der Waals surface area contributed by atoms with Crippen LogP contribution in [0.1, 0.15) is 42.5 Å². The number of nitriles is 1. The molecule has 1 aliphatic carbocycles. The van der Waals surface area contributed by atoms with E-state index >= 15 is 0 Å². The van der Waals surface area contributed by atoms with E-state index < -0.39 is 0 Å². The predicted molar refractivity (Wildman–Crippen MR) is 85.9 cm³/mol.